The Morgan fingerprint density at radius 1 is 1.25 bits per heavy atom. The third-order valence-corrected chi connectivity index (χ3v) is 3.17. The van der Waals surface area contributed by atoms with Gasteiger partial charge < -0.3 is 15.2 Å². The van der Waals surface area contributed by atoms with Crippen LogP contribution in [0.3, 0.4) is 0 Å². The molecule has 6 heteroatoms. The van der Waals surface area contributed by atoms with E-state index < -0.39 is 0 Å². The Labute approximate surface area is 127 Å². The molecule has 1 aromatic heterocycles. The maximum Gasteiger partial charge on any atom is 0.289 e. The van der Waals surface area contributed by atoms with Gasteiger partial charge in [-0.15, -0.1) is 12.4 Å². The summed E-state index contributed by atoms with van der Waals surface area (Å²) in [6, 6.07) is 1.76. The van der Waals surface area contributed by atoms with Crippen molar-refractivity contribution in [1.82, 2.24) is 15.8 Å². The van der Waals surface area contributed by atoms with Gasteiger partial charge >= 0.3 is 0 Å². The first kappa shape index (κ1) is 18.9. The fourth-order valence-corrected chi connectivity index (χ4v) is 1.95. The minimum Gasteiger partial charge on any atom is -0.351 e. The average molecular weight is 304 g/mol. The fraction of sp³-hybridized carbons (Fsp3) is 0.714. The molecule has 1 rings (SSSR count). The van der Waals surface area contributed by atoms with Crippen LogP contribution < -0.4 is 10.6 Å². The highest BCUT2D eigenvalue weighted by atomic mass is 35.5. The van der Waals surface area contributed by atoms with Gasteiger partial charge in [-0.1, -0.05) is 25.9 Å². The molecular formula is C14H26ClN3O2. The standard InChI is InChI=1S/C14H25N3O2.ClH/c1-4-7-15-8-9-16-14(18)13-10-12(17-19-13)11(5-2)6-3;/h10-11,15H,4-9H2,1-3H3,(H,16,18);1H. The number of nitrogens with one attached hydrogen (secondary N) is 2. The van der Waals surface area contributed by atoms with Gasteiger partial charge in [0.2, 0.25) is 5.76 Å². The fourth-order valence-electron chi connectivity index (χ4n) is 1.95. The Hall–Kier alpha value is -1.07. The highest BCUT2D eigenvalue weighted by Gasteiger charge is 2.16. The van der Waals surface area contributed by atoms with Crippen molar-refractivity contribution in [2.75, 3.05) is 19.6 Å². The highest BCUT2D eigenvalue weighted by Crippen LogP contribution is 2.22. The molecule has 1 aromatic rings. The van der Waals surface area contributed by atoms with E-state index in [2.05, 4.69) is 36.6 Å². The molecule has 0 unspecified atom stereocenters. The van der Waals surface area contributed by atoms with Crippen LogP contribution in [0.5, 0.6) is 0 Å². The second-order valence-corrected chi connectivity index (χ2v) is 4.64. The Morgan fingerprint density at radius 2 is 1.95 bits per heavy atom. The molecule has 0 saturated heterocycles. The second-order valence-electron chi connectivity index (χ2n) is 4.64. The number of carbonyl (C=O) groups is 1. The molecule has 0 aliphatic rings. The van der Waals surface area contributed by atoms with Crippen LogP contribution in [-0.2, 0) is 0 Å². The van der Waals surface area contributed by atoms with E-state index in [1.165, 1.54) is 0 Å². The van der Waals surface area contributed by atoms with Crippen molar-refractivity contribution in [3.63, 3.8) is 0 Å². The van der Waals surface area contributed by atoms with Gasteiger partial charge in [-0.2, -0.15) is 0 Å². The second kappa shape index (κ2) is 10.7. The minimum atomic E-state index is -0.192. The molecule has 0 fully saturated rings. The number of amides is 1. The van der Waals surface area contributed by atoms with Crippen molar-refractivity contribution in [1.29, 1.82) is 0 Å². The molecule has 20 heavy (non-hydrogen) atoms. The molecule has 1 amide bonds. The smallest absolute Gasteiger partial charge is 0.289 e. The lowest BCUT2D eigenvalue weighted by Gasteiger charge is -2.06. The first-order valence-electron chi connectivity index (χ1n) is 7.18. The largest absolute Gasteiger partial charge is 0.351 e. The van der Waals surface area contributed by atoms with E-state index in [0.717, 1.165) is 38.0 Å². The van der Waals surface area contributed by atoms with Crippen molar-refractivity contribution in [2.24, 2.45) is 0 Å². The Balaban J connectivity index is 0.00000361. The Morgan fingerprint density at radius 3 is 2.55 bits per heavy atom. The van der Waals surface area contributed by atoms with Gasteiger partial charge in [0.05, 0.1) is 5.69 Å². The molecule has 0 saturated carbocycles. The van der Waals surface area contributed by atoms with E-state index in [1.807, 2.05) is 0 Å². The molecule has 1 heterocycles. The van der Waals surface area contributed by atoms with Gasteiger partial charge in [-0.3, -0.25) is 4.79 Å². The summed E-state index contributed by atoms with van der Waals surface area (Å²) in [5, 5.41) is 10.0. The summed E-state index contributed by atoms with van der Waals surface area (Å²) in [6.45, 7) is 8.67. The van der Waals surface area contributed by atoms with Crippen molar-refractivity contribution < 1.29 is 9.32 Å². The lowest BCUT2D eigenvalue weighted by Crippen LogP contribution is -2.31. The first-order chi connectivity index (χ1) is 9.22. The normalized spacial score (nSPS) is 10.4. The minimum absolute atomic E-state index is 0. The van der Waals surface area contributed by atoms with Crippen molar-refractivity contribution in [3.05, 3.63) is 17.5 Å². The first-order valence-corrected chi connectivity index (χ1v) is 7.18. The van der Waals surface area contributed by atoms with E-state index >= 15 is 0 Å². The Bertz CT molecular complexity index is 378. The zero-order valence-electron chi connectivity index (χ0n) is 12.6. The summed E-state index contributed by atoms with van der Waals surface area (Å²) in [5.74, 6) is 0.483. The summed E-state index contributed by atoms with van der Waals surface area (Å²) in [6.07, 6.45) is 3.10. The van der Waals surface area contributed by atoms with E-state index in [1.54, 1.807) is 6.07 Å². The molecular weight excluding hydrogens is 278 g/mol. The van der Waals surface area contributed by atoms with Gasteiger partial charge in [0, 0.05) is 25.1 Å². The molecule has 0 spiro atoms. The lowest BCUT2D eigenvalue weighted by atomic mass is 9.99. The molecule has 5 nitrogen and oxygen atoms in total. The third kappa shape index (κ3) is 5.92. The molecule has 0 bridgehead atoms. The Kier molecular flexibility index (Phi) is 10.1. The molecule has 2 N–H and O–H groups in total. The van der Waals surface area contributed by atoms with Crippen LogP contribution in [0.25, 0.3) is 0 Å². The number of hydrogen-bond acceptors (Lipinski definition) is 4. The van der Waals surface area contributed by atoms with Crippen LogP contribution in [0, 0.1) is 0 Å². The summed E-state index contributed by atoms with van der Waals surface area (Å²) < 4.78 is 5.11. The van der Waals surface area contributed by atoms with Crippen molar-refractivity contribution in [3.8, 4) is 0 Å². The highest BCUT2D eigenvalue weighted by molar-refractivity contribution is 5.91. The van der Waals surface area contributed by atoms with Gasteiger partial charge in [0.1, 0.15) is 0 Å². The van der Waals surface area contributed by atoms with Crippen molar-refractivity contribution in [2.45, 2.75) is 46.0 Å². The zero-order valence-corrected chi connectivity index (χ0v) is 13.4. The zero-order chi connectivity index (χ0) is 14.1. The SMILES string of the molecule is CCCNCCNC(=O)c1cc(C(CC)CC)no1.Cl. The van der Waals surface area contributed by atoms with Gasteiger partial charge in [-0.05, 0) is 25.8 Å². The molecule has 116 valence electrons. The maximum absolute atomic E-state index is 11.8. The number of nitrogens with zero attached hydrogens (tertiary/aromatic N) is 1. The average Bonchev–Trinajstić information content (AvgIpc) is 2.89. The van der Waals surface area contributed by atoms with Crippen LogP contribution >= 0.6 is 12.4 Å². The molecule has 0 aliphatic heterocycles. The van der Waals surface area contributed by atoms with Crippen molar-refractivity contribution >= 4 is 18.3 Å². The van der Waals surface area contributed by atoms with Crippen LogP contribution in [0.4, 0.5) is 0 Å². The quantitative estimate of drug-likeness (QED) is 0.688. The topological polar surface area (TPSA) is 67.2 Å². The number of hydrogen-bond donors (Lipinski definition) is 2. The molecule has 0 aliphatic carbocycles. The lowest BCUT2D eigenvalue weighted by molar-refractivity contribution is 0.0917. The van der Waals surface area contributed by atoms with E-state index in [0.29, 0.717) is 18.2 Å². The predicted molar refractivity (Wildman–Crippen MR) is 82.6 cm³/mol. The molecule has 0 aromatic carbocycles. The van der Waals surface area contributed by atoms with E-state index in [9.17, 15) is 4.79 Å². The molecule has 0 radical (unpaired) electrons. The van der Waals surface area contributed by atoms with Gasteiger partial charge in [0.15, 0.2) is 0 Å². The third-order valence-electron chi connectivity index (χ3n) is 3.17. The summed E-state index contributed by atoms with van der Waals surface area (Å²) in [7, 11) is 0. The summed E-state index contributed by atoms with van der Waals surface area (Å²) >= 11 is 0. The predicted octanol–water partition coefficient (Wildman–Crippen LogP) is 2.73. The van der Waals surface area contributed by atoms with Gasteiger partial charge in [0.25, 0.3) is 5.91 Å². The number of rotatable bonds is 9. The van der Waals surface area contributed by atoms with E-state index in [4.69, 9.17) is 4.52 Å². The molecule has 0 atom stereocenters. The van der Waals surface area contributed by atoms with Crippen LogP contribution in [0.2, 0.25) is 0 Å². The van der Waals surface area contributed by atoms with Crippen LogP contribution in [0.15, 0.2) is 10.6 Å². The maximum atomic E-state index is 11.8. The monoisotopic (exact) mass is 303 g/mol. The number of aromatic nitrogens is 1. The summed E-state index contributed by atoms with van der Waals surface area (Å²) in [5.41, 5.74) is 0.874. The number of carbonyl (C=O) groups excluding carboxylic acids is 1. The van der Waals surface area contributed by atoms with E-state index in [-0.39, 0.29) is 18.3 Å². The van der Waals surface area contributed by atoms with Gasteiger partial charge in [-0.25, -0.2) is 0 Å². The number of halogens is 1. The summed E-state index contributed by atoms with van der Waals surface area (Å²) in [4.78, 5) is 11.8. The van der Waals surface area contributed by atoms with Crippen LogP contribution in [-0.4, -0.2) is 30.7 Å². The van der Waals surface area contributed by atoms with Crippen LogP contribution in [0.1, 0.15) is 62.2 Å².